The Morgan fingerprint density at radius 3 is 2.27 bits per heavy atom. The van der Waals surface area contributed by atoms with E-state index < -0.39 is 23.5 Å². The molecule has 2 N–H and O–H groups in total. The molecule has 0 unspecified atom stereocenters. The molecule has 1 aliphatic heterocycles. The maximum atomic E-state index is 12.9. The number of carboxylic acid groups (broad SMARTS) is 1. The van der Waals surface area contributed by atoms with Gasteiger partial charge in [-0.2, -0.15) is 0 Å². The Morgan fingerprint density at radius 2 is 1.67 bits per heavy atom. The molecule has 1 aliphatic carbocycles. The predicted octanol–water partition coefficient (Wildman–Crippen LogP) is 4.02. The largest absolute Gasteiger partial charge is 0.480 e. The maximum absolute atomic E-state index is 12.9. The van der Waals surface area contributed by atoms with Crippen LogP contribution < -0.4 is 5.32 Å². The first-order valence-electron chi connectivity index (χ1n) is 11.4. The normalized spacial score (nSPS) is 17.4. The summed E-state index contributed by atoms with van der Waals surface area (Å²) >= 11 is 0. The number of likely N-dealkylation sites (tertiary alicyclic amines) is 1. The number of carbonyl (C=O) groups excluding carboxylic acids is 2. The topological polar surface area (TPSA) is 95.9 Å². The van der Waals surface area contributed by atoms with Crippen molar-refractivity contribution in [2.75, 3.05) is 19.7 Å². The van der Waals surface area contributed by atoms with Crippen LogP contribution in [0.4, 0.5) is 4.79 Å². The zero-order valence-corrected chi connectivity index (χ0v) is 19.0. The molecule has 7 heteroatoms. The lowest BCUT2D eigenvalue weighted by atomic mass is 9.87. The van der Waals surface area contributed by atoms with E-state index in [2.05, 4.69) is 29.6 Å². The number of carbonyl (C=O) groups is 3. The summed E-state index contributed by atoms with van der Waals surface area (Å²) in [4.78, 5) is 38.1. The molecule has 1 atom stereocenters. The Balaban J connectivity index is 1.30. The second-order valence-electron chi connectivity index (χ2n) is 9.38. The van der Waals surface area contributed by atoms with E-state index in [1.54, 1.807) is 13.8 Å². The van der Waals surface area contributed by atoms with Gasteiger partial charge in [0.1, 0.15) is 12.6 Å². The standard InChI is InChI=1S/C26H30N2O5/c1-26(2,24(31)28-15-7-12-22(28)23(29)30)13-14-27-25(32)33-16-21-19-10-5-3-8-17(19)18-9-4-6-11-20(18)21/h3-6,8-11,21-22H,7,12-16H2,1-2H3,(H,27,32)(H,29,30)/t22-/m1/s1. The lowest BCUT2D eigenvalue weighted by Crippen LogP contribution is -2.47. The first-order chi connectivity index (χ1) is 15.8. The number of ether oxygens (including phenoxy) is 1. The van der Waals surface area contributed by atoms with E-state index in [0.29, 0.717) is 25.8 Å². The van der Waals surface area contributed by atoms with Crippen molar-refractivity contribution in [3.8, 4) is 11.1 Å². The molecule has 2 aromatic carbocycles. The van der Waals surface area contributed by atoms with E-state index in [4.69, 9.17) is 4.74 Å². The molecule has 7 nitrogen and oxygen atoms in total. The van der Waals surface area contributed by atoms with Crippen LogP contribution in [0.25, 0.3) is 11.1 Å². The van der Waals surface area contributed by atoms with Gasteiger partial charge < -0.3 is 20.1 Å². The van der Waals surface area contributed by atoms with Gasteiger partial charge in [-0.25, -0.2) is 9.59 Å². The summed E-state index contributed by atoms with van der Waals surface area (Å²) in [5, 5.41) is 12.1. The fourth-order valence-corrected chi connectivity index (χ4v) is 4.89. The van der Waals surface area contributed by atoms with Crippen LogP contribution in [0.2, 0.25) is 0 Å². The number of amides is 2. The number of rotatable bonds is 7. The summed E-state index contributed by atoms with van der Waals surface area (Å²) in [7, 11) is 0. The number of benzene rings is 2. The van der Waals surface area contributed by atoms with E-state index in [0.717, 1.165) is 11.1 Å². The highest BCUT2D eigenvalue weighted by molar-refractivity contribution is 5.87. The van der Waals surface area contributed by atoms with Crippen LogP contribution in [0.1, 0.15) is 50.2 Å². The molecule has 2 aromatic rings. The van der Waals surface area contributed by atoms with Crippen molar-refractivity contribution in [3.05, 3.63) is 59.7 Å². The molecule has 0 radical (unpaired) electrons. The zero-order valence-electron chi connectivity index (χ0n) is 19.0. The van der Waals surface area contributed by atoms with Gasteiger partial charge in [-0.1, -0.05) is 62.4 Å². The molecule has 1 fully saturated rings. The van der Waals surface area contributed by atoms with Crippen LogP contribution in [-0.4, -0.2) is 53.7 Å². The predicted molar refractivity (Wildman–Crippen MR) is 124 cm³/mol. The zero-order chi connectivity index (χ0) is 23.6. The lowest BCUT2D eigenvalue weighted by Gasteiger charge is -2.31. The van der Waals surface area contributed by atoms with E-state index in [1.807, 2.05) is 24.3 Å². The summed E-state index contributed by atoms with van der Waals surface area (Å²) in [6, 6.07) is 15.6. The summed E-state index contributed by atoms with van der Waals surface area (Å²) in [6.45, 7) is 4.52. The number of nitrogens with zero attached hydrogens (tertiary/aromatic N) is 1. The molecule has 0 saturated carbocycles. The molecule has 1 saturated heterocycles. The van der Waals surface area contributed by atoms with Crippen LogP contribution in [0.3, 0.4) is 0 Å². The van der Waals surface area contributed by atoms with Gasteiger partial charge in [0.15, 0.2) is 0 Å². The van der Waals surface area contributed by atoms with Crippen molar-refractivity contribution in [1.82, 2.24) is 10.2 Å². The van der Waals surface area contributed by atoms with Gasteiger partial charge in [0.25, 0.3) is 0 Å². The third-order valence-electron chi connectivity index (χ3n) is 6.74. The average molecular weight is 451 g/mol. The van der Waals surface area contributed by atoms with Crippen molar-refractivity contribution in [2.45, 2.75) is 45.1 Å². The van der Waals surface area contributed by atoms with Gasteiger partial charge in [-0.15, -0.1) is 0 Å². The molecular weight excluding hydrogens is 420 g/mol. The van der Waals surface area contributed by atoms with Crippen molar-refractivity contribution < 1.29 is 24.2 Å². The number of carboxylic acids is 1. The van der Waals surface area contributed by atoms with Crippen LogP contribution in [-0.2, 0) is 14.3 Å². The molecule has 0 spiro atoms. The molecule has 2 aliphatic rings. The molecule has 0 bridgehead atoms. The minimum atomic E-state index is -0.964. The average Bonchev–Trinajstić information content (AvgIpc) is 3.40. The molecule has 2 amide bonds. The van der Waals surface area contributed by atoms with Crippen LogP contribution in [0.15, 0.2) is 48.5 Å². The summed E-state index contributed by atoms with van der Waals surface area (Å²) < 4.78 is 5.54. The SMILES string of the molecule is CC(C)(CCNC(=O)OCC1c2ccccc2-c2ccccc21)C(=O)N1CCC[C@@H]1C(=O)O. The Morgan fingerprint density at radius 1 is 1.06 bits per heavy atom. The van der Waals surface area contributed by atoms with Crippen LogP contribution in [0, 0.1) is 5.41 Å². The number of aliphatic carboxylic acids is 1. The van der Waals surface area contributed by atoms with Crippen molar-refractivity contribution in [2.24, 2.45) is 5.41 Å². The van der Waals surface area contributed by atoms with Gasteiger partial charge in [0.2, 0.25) is 5.91 Å². The van der Waals surface area contributed by atoms with Crippen LogP contribution in [0.5, 0.6) is 0 Å². The number of nitrogens with one attached hydrogen (secondary N) is 1. The quantitative estimate of drug-likeness (QED) is 0.664. The Bertz CT molecular complexity index is 1020. The molecular formula is C26H30N2O5. The smallest absolute Gasteiger partial charge is 0.407 e. The molecule has 4 rings (SSSR count). The van der Waals surface area contributed by atoms with Gasteiger partial charge in [0.05, 0.1) is 0 Å². The van der Waals surface area contributed by atoms with Gasteiger partial charge in [-0.05, 0) is 41.5 Å². The van der Waals surface area contributed by atoms with E-state index in [9.17, 15) is 19.5 Å². The maximum Gasteiger partial charge on any atom is 0.407 e. The second-order valence-corrected chi connectivity index (χ2v) is 9.38. The Labute approximate surface area is 193 Å². The Hall–Kier alpha value is -3.35. The Kier molecular flexibility index (Phi) is 6.40. The molecule has 0 aromatic heterocycles. The number of hydrogen-bond donors (Lipinski definition) is 2. The van der Waals surface area contributed by atoms with Gasteiger partial charge in [-0.3, -0.25) is 4.79 Å². The van der Waals surface area contributed by atoms with Crippen molar-refractivity contribution >= 4 is 18.0 Å². The third kappa shape index (κ3) is 4.58. The van der Waals surface area contributed by atoms with Crippen molar-refractivity contribution in [3.63, 3.8) is 0 Å². The highest BCUT2D eigenvalue weighted by Crippen LogP contribution is 2.44. The molecule has 1 heterocycles. The van der Waals surface area contributed by atoms with Crippen molar-refractivity contribution in [1.29, 1.82) is 0 Å². The molecule has 174 valence electrons. The number of alkyl carbamates (subject to hydrolysis) is 1. The number of fused-ring (bicyclic) bond motifs is 3. The summed E-state index contributed by atoms with van der Waals surface area (Å²) in [5.41, 5.74) is 3.86. The third-order valence-corrected chi connectivity index (χ3v) is 6.74. The van der Waals surface area contributed by atoms with Gasteiger partial charge >= 0.3 is 12.1 Å². The van der Waals surface area contributed by atoms with E-state index in [1.165, 1.54) is 16.0 Å². The fourth-order valence-electron chi connectivity index (χ4n) is 4.89. The van der Waals surface area contributed by atoms with Crippen LogP contribution >= 0.6 is 0 Å². The highest BCUT2D eigenvalue weighted by atomic mass is 16.5. The van der Waals surface area contributed by atoms with Gasteiger partial charge in [0, 0.05) is 24.4 Å². The second kappa shape index (κ2) is 9.25. The first kappa shape index (κ1) is 22.8. The molecule has 33 heavy (non-hydrogen) atoms. The minimum Gasteiger partial charge on any atom is -0.480 e. The summed E-state index contributed by atoms with van der Waals surface area (Å²) in [5.74, 6) is -1.17. The fraction of sp³-hybridized carbons (Fsp3) is 0.423. The first-order valence-corrected chi connectivity index (χ1v) is 11.4. The number of hydrogen-bond acceptors (Lipinski definition) is 4. The monoisotopic (exact) mass is 450 g/mol. The summed E-state index contributed by atoms with van der Waals surface area (Å²) in [6.07, 6.45) is 1.04. The lowest BCUT2D eigenvalue weighted by molar-refractivity contribution is -0.152. The minimum absolute atomic E-state index is 0.00992. The highest BCUT2D eigenvalue weighted by Gasteiger charge is 2.40. The van der Waals surface area contributed by atoms with E-state index in [-0.39, 0.29) is 25.0 Å². The van der Waals surface area contributed by atoms with E-state index >= 15 is 0 Å².